The molecule has 1 atom stereocenters. The van der Waals surface area contributed by atoms with Gasteiger partial charge in [0.1, 0.15) is 12.1 Å². The quantitative estimate of drug-likeness (QED) is 0.525. The van der Waals surface area contributed by atoms with Crippen LogP contribution >= 0.6 is 0 Å². The van der Waals surface area contributed by atoms with Crippen LogP contribution in [0.5, 0.6) is 0 Å². The Morgan fingerprint density at radius 1 is 1.54 bits per heavy atom. The number of anilines is 1. The Labute approximate surface area is 83.6 Å². The molecule has 2 N–H and O–H groups in total. The molecule has 5 heteroatoms. The molecule has 1 aliphatic heterocycles. The van der Waals surface area contributed by atoms with Gasteiger partial charge in [-0.15, -0.1) is 0 Å². The zero-order valence-electron chi connectivity index (χ0n) is 7.23. The van der Waals surface area contributed by atoms with Crippen LogP contribution in [0.25, 0.3) is 0 Å². The number of nitrogens with two attached hydrogens (primary N) is 1. The lowest BCUT2D eigenvalue weighted by molar-refractivity contribution is -0.00000274. The lowest BCUT2D eigenvalue weighted by atomic mass is 10.3. The predicted octanol–water partition coefficient (Wildman–Crippen LogP) is -2.98. The Hall–Kier alpha value is -0.870. The van der Waals surface area contributed by atoms with Crippen molar-refractivity contribution in [1.82, 2.24) is 9.97 Å². The van der Waals surface area contributed by atoms with Crippen LogP contribution in [-0.2, 0) is 0 Å². The molecule has 1 aromatic rings. The van der Waals surface area contributed by atoms with Gasteiger partial charge in [0.25, 0.3) is 0 Å². The van der Waals surface area contributed by atoms with E-state index in [0.717, 1.165) is 25.3 Å². The van der Waals surface area contributed by atoms with Crippen LogP contribution in [0, 0.1) is 0 Å². The molecule has 0 aliphatic carbocycles. The second-order valence-electron chi connectivity index (χ2n) is 3.06. The third kappa shape index (κ3) is 2.29. The van der Waals surface area contributed by atoms with Gasteiger partial charge < -0.3 is 23.0 Å². The van der Waals surface area contributed by atoms with Crippen LogP contribution < -0.4 is 23.0 Å². The lowest BCUT2D eigenvalue weighted by Crippen LogP contribution is -3.00. The van der Waals surface area contributed by atoms with Crippen molar-refractivity contribution >= 4 is 5.82 Å². The molecule has 0 saturated carbocycles. The first-order valence-electron chi connectivity index (χ1n) is 4.13. The summed E-state index contributed by atoms with van der Waals surface area (Å²) in [4.78, 5) is 10.2. The van der Waals surface area contributed by atoms with Gasteiger partial charge >= 0.3 is 0 Å². The van der Waals surface area contributed by atoms with Crippen molar-refractivity contribution in [1.29, 1.82) is 0 Å². The Balaban J connectivity index is 0.000000845. The van der Waals surface area contributed by atoms with Gasteiger partial charge in [0.05, 0.1) is 0 Å². The third-order valence-corrected chi connectivity index (χ3v) is 2.12. The van der Waals surface area contributed by atoms with Gasteiger partial charge in [-0.3, -0.25) is 0 Å². The average Bonchev–Trinajstić information content (AvgIpc) is 2.54. The normalized spacial score (nSPS) is 21.3. The van der Waals surface area contributed by atoms with Crippen molar-refractivity contribution < 1.29 is 12.4 Å². The third-order valence-electron chi connectivity index (χ3n) is 2.12. The monoisotopic (exact) mass is 199 g/mol. The van der Waals surface area contributed by atoms with Gasteiger partial charge in [0, 0.05) is 25.3 Å². The average molecular weight is 200 g/mol. The van der Waals surface area contributed by atoms with Crippen molar-refractivity contribution in [2.45, 2.75) is 12.5 Å². The van der Waals surface area contributed by atoms with E-state index >= 15 is 0 Å². The zero-order valence-corrected chi connectivity index (χ0v) is 7.98. The summed E-state index contributed by atoms with van der Waals surface area (Å²) in [6.07, 6.45) is 4.38. The number of nitrogens with zero attached hydrogens (tertiary/aromatic N) is 3. The molecule has 0 spiro atoms. The van der Waals surface area contributed by atoms with Crippen molar-refractivity contribution in [2.75, 3.05) is 18.0 Å². The Kier molecular flexibility index (Phi) is 3.45. The maximum atomic E-state index is 5.78. The number of aromatic nitrogens is 2. The van der Waals surface area contributed by atoms with Gasteiger partial charge in [0.15, 0.2) is 0 Å². The summed E-state index contributed by atoms with van der Waals surface area (Å²) in [5.41, 5.74) is 5.78. The largest absolute Gasteiger partial charge is 1.00 e. The summed E-state index contributed by atoms with van der Waals surface area (Å²) in [5, 5.41) is 0. The van der Waals surface area contributed by atoms with E-state index in [4.69, 9.17) is 5.73 Å². The van der Waals surface area contributed by atoms with E-state index < -0.39 is 0 Å². The summed E-state index contributed by atoms with van der Waals surface area (Å²) >= 11 is 0. The molecule has 1 fully saturated rings. The van der Waals surface area contributed by atoms with E-state index in [2.05, 4.69) is 14.9 Å². The van der Waals surface area contributed by atoms with Crippen LogP contribution in [0.2, 0.25) is 0 Å². The SMILES string of the molecule is N[C@H]1CCN(c2ccncn2)C1.[Cl-]. The molecule has 1 saturated heterocycles. The standard InChI is InChI=1S/C8H12N4.ClH/c9-7-2-4-12(5-7)8-1-3-10-6-11-8;/h1,3,6-7H,2,4-5,9H2;1H/p-1/t7-;/m0./s1. The molecule has 0 radical (unpaired) electrons. The fourth-order valence-corrected chi connectivity index (χ4v) is 1.47. The second-order valence-corrected chi connectivity index (χ2v) is 3.06. The van der Waals surface area contributed by atoms with Gasteiger partial charge in [-0.25, -0.2) is 9.97 Å². The molecule has 1 aromatic heterocycles. The van der Waals surface area contributed by atoms with Crippen LogP contribution in [0.1, 0.15) is 6.42 Å². The first-order chi connectivity index (χ1) is 5.86. The summed E-state index contributed by atoms with van der Waals surface area (Å²) in [5.74, 6) is 0.984. The maximum absolute atomic E-state index is 5.78. The molecule has 2 heterocycles. The first kappa shape index (κ1) is 10.2. The summed E-state index contributed by atoms with van der Waals surface area (Å²) in [6, 6.07) is 2.22. The summed E-state index contributed by atoms with van der Waals surface area (Å²) in [6.45, 7) is 1.93. The fraction of sp³-hybridized carbons (Fsp3) is 0.500. The van der Waals surface area contributed by atoms with E-state index in [1.807, 2.05) is 6.07 Å². The van der Waals surface area contributed by atoms with Crippen LogP contribution in [0.3, 0.4) is 0 Å². The molecule has 4 nitrogen and oxygen atoms in total. The van der Waals surface area contributed by atoms with Gasteiger partial charge in [0.2, 0.25) is 0 Å². The highest BCUT2D eigenvalue weighted by molar-refractivity contribution is 5.38. The van der Waals surface area contributed by atoms with Crippen LogP contribution in [0.4, 0.5) is 5.82 Å². The molecule has 0 bridgehead atoms. The Morgan fingerprint density at radius 2 is 2.38 bits per heavy atom. The Bertz CT molecular complexity index is 254. The highest BCUT2D eigenvalue weighted by Gasteiger charge is 2.19. The highest BCUT2D eigenvalue weighted by Crippen LogP contribution is 2.14. The van der Waals surface area contributed by atoms with Crippen molar-refractivity contribution in [3.8, 4) is 0 Å². The van der Waals surface area contributed by atoms with E-state index in [1.54, 1.807) is 12.5 Å². The minimum Gasteiger partial charge on any atom is -1.00 e. The molecule has 0 aromatic carbocycles. The molecule has 13 heavy (non-hydrogen) atoms. The second kappa shape index (κ2) is 4.39. The minimum absolute atomic E-state index is 0. The summed E-state index contributed by atoms with van der Waals surface area (Å²) in [7, 11) is 0. The van der Waals surface area contributed by atoms with Crippen LogP contribution in [0.15, 0.2) is 18.6 Å². The van der Waals surface area contributed by atoms with Gasteiger partial charge in [-0.05, 0) is 12.5 Å². The van der Waals surface area contributed by atoms with Gasteiger partial charge in [-0.1, -0.05) is 0 Å². The molecular formula is C8H12ClN4-. The van der Waals surface area contributed by atoms with Crippen molar-refractivity contribution in [2.24, 2.45) is 5.73 Å². The molecule has 1 aliphatic rings. The maximum Gasteiger partial charge on any atom is 0.131 e. The topological polar surface area (TPSA) is 55.0 Å². The van der Waals surface area contributed by atoms with E-state index in [-0.39, 0.29) is 12.4 Å². The summed E-state index contributed by atoms with van der Waals surface area (Å²) < 4.78 is 0. The van der Waals surface area contributed by atoms with E-state index in [1.165, 1.54) is 0 Å². The smallest absolute Gasteiger partial charge is 0.131 e. The first-order valence-corrected chi connectivity index (χ1v) is 4.13. The van der Waals surface area contributed by atoms with Crippen molar-refractivity contribution in [3.05, 3.63) is 18.6 Å². The van der Waals surface area contributed by atoms with E-state index in [9.17, 15) is 0 Å². The number of hydrogen-bond acceptors (Lipinski definition) is 4. The molecular weight excluding hydrogens is 188 g/mol. The van der Waals surface area contributed by atoms with Crippen molar-refractivity contribution in [3.63, 3.8) is 0 Å². The molecule has 0 amide bonds. The highest BCUT2D eigenvalue weighted by atomic mass is 35.5. The molecule has 72 valence electrons. The number of hydrogen-bond donors (Lipinski definition) is 1. The zero-order chi connectivity index (χ0) is 8.39. The van der Waals surface area contributed by atoms with E-state index in [0.29, 0.717) is 6.04 Å². The molecule has 2 rings (SSSR count). The fourth-order valence-electron chi connectivity index (χ4n) is 1.47. The predicted molar refractivity (Wildman–Crippen MR) is 46.8 cm³/mol. The number of halogens is 1. The minimum atomic E-state index is 0. The number of rotatable bonds is 1. The lowest BCUT2D eigenvalue weighted by Gasteiger charge is -2.15. The Morgan fingerprint density at radius 3 is 2.92 bits per heavy atom. The van der Waals surface area contributed by atoms with Gasteiger partial charge in [-0.2, -0.15) is 0 Å². The molecule has 0 unspecified atom stereocenters. The van der Waals surface area contributed by atoms with Crippen LogP contribution in [-0.4, -0.2) is 29.1 Å².